The Hall–Kier alpha value is -4.41. The molecular formula is C45H58N4O5. The Morgan fingerprint density at radius 3 is 1.24 bits per heavy atom. The molecule has 0 aliphatic carbocycles. The number of nitrogens with zero attached hydrogens (tertiary/aromatic N) is 4. The van der Waals surface area contributed by atoms with Crippen LogP contribution in [0.15, 0.2) is 97.1 Å². The zero-order valence-electron chi connectivity index (χ0n) is 32.6. The highest BCUT2D eigenvalue weighted by Gasteiger charge is 2.38. The van der Waals surface area contributed by atoms with Gasteiger partial charge in [-0.3, -0.25) is 24.4 Å². The highest BCUT2D eigenvalue weighted by Crippen LogP contribution is 2.23. The van der Waals surface area contributed by atoms with E-state index in [0.717, 1.165) is 99.6 Å². The van der Waals surface area contributed by atoms with Crippen LogP contribution in [0.1, 0.15) is 36.1 Å². The zero-order valence-corrected chi connectivity index (χ0v) is 32.6. The molecule has 2 saturated heterocycles. The highest BCUT2D eigenvalue weighted by molar-refractivity contribution is 5.89. The molecule has 0 aromatic heterocycles. The molecule has 2 aliphatic heterocycles. The van der Waals surface area contributed by atoms with Gasteiger partial charge < -0.3 is 18.9 Å². The average Bonchev–Trinajstić information content (AvgIpc) is 3.19. The summed E-state index contributed by atoms with van der Waals surface area (Å²) in [6.45, 7) is 18.4. The van der Waals surface area contributed by atoms with E-state index in [1.54, 1.807) is 0 Å². The topological polar surface area (TPSA) is 67.0 Å². The van der Waals surface area contributed by atoms with Crippen LogP contribution in [-0.2, 0) is 17.9 Å². The molecule has 288 valence electrons. The van der Waals surface area contributed by atoms with Crippen LogP contribution in [0.2, 0.25) is 0 Å². The largest absolute Gasteiger partial charge is 0.494 e. The number of ether oxygens (including phenoxy) is 4. The van der Waals surface area contributed by atoms with Crippen LogP contribution in [0.25, 0.3) is 0 Å². The van der Waals surface area contributed by atoms with Gasteiger partial charge in [0.15, 0.2) is 5.78 Å². The van der Waals surface area contributed by atoms with E-state index in [0.29, 0.717) is 26.4 Å². The van der Waals surface area contributed by atoms with Crippen molar-refractivity contribution in [2.45, 2.75) is 52.9 Å². The Morgan fingerprint density at radius 2 is 0.889 bits per heavy atom. The van der Waals surface area contributed by atoms with Crippen LogP contribution >= 0.6 is 0 Å². The Morgan fingerprint density at radius 1 is 0.519 bits per heavy atom. The lowest BCUT2D eigenvalue weighted by atomic mass is 10.0. The minimum absolute atomic E-state index is 0.164. The van der Waals surface area contributed by atoms with E-state index in [9.17, 15) is 0 Å². The van der Waals surface area contributed by atoms with Crippen LogP contribution < -0.4 is 18.9 Å². The maximum absolute atomic E-state index is 15.1. The number of ketones is 1. The van der Waals surface area contributed by atoms with E-state index in [2.05, 4.69) is 69.8 Å². The number of carbonyl (C=O) groups excluding carboxylic acids is 1. The molecular weight excluding hydrogens is 677 g/mol. The molecule has 2 heterocycles. The van der Waals surface area contributed by atoms with Crippen LogP contribution in [0.5, 0.6) is 23.0 Å². The number of benzene rings is 4. The third-order valence-electron chi connectivity index (χ3n) is 10.6. The van der Waals surface area contributed by atoms with Gasteiger partial charge >= 0.3 is 0 Å². The van der Waals surface area contributed by atoms with E-state index in [4.69, 9.17) is 18.9 Å². The molecule has 0 amide bonds. The van der Waals surface area contributed by atoms with Gasteiger partial charge in [-0.05, 0) is 86.3 Å². The van der Waals surface area contributed by atoms with Crippen molar-refractivity contribution in [1.82, 2.24) is 19.6 Å². The number of Topliss-reactive ketones (excluding diaryl/α,β-unsaturated/α-hetero) is 1. The van der Waals surface area contributed by atoms with E-state index >= 15 is 4.79 Å². The molecule has 9 nitrogen and oxygen atoms in total. The summed E-state index contributed by atoms with van der Waals surface area (Å²) in [5.74, 6) is 3.60. The lowest BCUT2D eigenvalue weighted by Crippen LogP contribution is -2.61. The van der Waals surface area contributed by atoms with Gasteiger partial charge in [-0.25, -0.2) is 0 Å². The lowest BCUT2D eigenvalue weighted by Gasteiger charge is -2.42. The first-order valence-corrected chi connectivity index (χ1v) is 19.7. The quantitative estimate of drug-likeness (QED) is 0.114. The molecule has 0 N–H and O–H groups in total. The van der Waals surface area contributed by atoms with Crippen LogP contribution in [0, 0.1) is 13.8 Å². The highest BCUT2D eigenvalue weighted by atomic mass is 16.5. The summed E-state index contributed by atoms with van der Waals surface area (Å²) < 4.78 is 24.3. The zero-order chi connectivity index (χ0) is 37.7. The molecule has 2 unspecified atom stereocenters. The van der Waals surface area contributed by atoms with Crippen molar-refractivity contribution in [3.63, 3.8) is 0 Å². The monoisotopic (exact) mass is 734 g/mol. The van der Waals surface area contributed by atoms with Crippen LogP contribution in [0.3, 0.4) is 0 Å². The Kier molecular flexibility index (Phi) is 14.4. The molecule has 4 aromatic rings. The third kappa shape index (κ3) is 10.8. The van der Waals surface area contributed by atoms with Crippen LogP contribution in [0.4, 0.5) is 0 Å². The van der Waals surface area contributed by atoms with E-state index in [1.807, 2.05) is 74.5 Å². The third-order valence-corrected chi connectivity index (χ3v) is 10.6. The summed E-state index contributed by atoms with van der Waals surface area (Å²) in [7, 11) is 0. The van der Waals surface area contributed by atoms with Crippen molar-refractivity contribution in [2.24, 2.45) is 0 Å². The molecule has 4 aromatic carbocycles. The van der Waals surface area contributed by atoms with E-state index in [-0.39, 0.29) is 5.78 Å². The molecule has 6 rings (SSSR count). The fraction of sp³-hybridized carbons (Fsp3) is 0.444. The second kappa shape index (κ2) is 19.8. The summed E-state index contributed by atoms with van der Waals surface area (Å²) in [5.41, 5.74) is 4.65. The number of carbonyl (C=O) groups is 1. The SMILES string of the molecule is CCOc1ccc(CN2CCN(C(COc3ccccc3C)C(=O)C(COc3ccccc3C)N3CCN(Cc4ccc(OCC)cc4)CC3)CC2)cc1. The van der Waals surface area contributed by atoms with Gasteiger partial charge in [0, 0.05) is 65.4 Å². The summed E-state index contributed by atoms with van der Waals surface area (Å²) in [6.07, 6.45) is 0. The molecule has 2 atom stereocenters. The predicted octanol–water partition coefficient (Wildman–Crippen LogP) is 6.50. The first-order valence-electron chi connectivity index (χ1n) is 19.7. The Balaban J connectivity index is 1.16. The van der Waals surface area contributed by atoms with E-state index in [1.165, 1.54) is 11.1 Å². The molecule has 2 fully saturated rings. The molecule has 0 bridgehead atoms. The first-order chi connectivity index (χ1) is 26.4. The second-order valence-electron chi connectivity index (χ2n) is 14.4. The van der Waals surface area contributed by atoms with Gasteiger partial charge in [0.1, 0.15) is 48.3 Å². The van der Waals surface area contributed by atoms with Crippen molar-refractivity contribution >= 4 is 5.78 Å². The maximum Gasteiger partial charge on any atom is 0.173 e. The van der Waals surface area contributed by atoms with Crippen molar-refractivity contribution in [3.8, 4) is 23.0 Å². The number of aryl methyl sites for hydroxylation is 2. The molecule has 0 radical (unpaired) electrons. The van der Waals surface area contributed by atoms with Gasteiger partial charge in [-0.1, -0.05) is 60.7 Å². The van der Waals surface area contributed by atoms with Gasteiger partial charge in [-0.15, -0.1) is 0 Å². The standard InChI is InChI=1S/C45H58N4O5/c1-5-51-39-19-15-37(16-20-39)31-46-23-27-48(28-24-46)41(33-53-43-13-9-7-11-35(43)3)45(50)42(34-54-44-14-10-8-12-36(44)4)49-29-25-47(26-30-49)32-38-17-21-40(22-18-38)52-6-2/h7-22,41-42H,5-6,23-34H2,1-4H3. The average molecular weight is 735 g/mol. The lowest BCUT2D eigenvalue weighted by molar-refractivity contribution is -0.133. The first kappa shape index (κ1) is 39.3. The number of hydrogen-bond acceptors (Lipinski definition) is 9. The predicted molar refractivity (Wildman–Crippen MR) is 215 cm³/mol. The number of rotatable bonds is 18. The summed E-state index contributed by atoms with van der Waals surface area (Å²) >= 11 is 0. The molecule has 2 aliphatic rings. The van der Waals surface area contributed by atoms with Crippen molar-refractivity contribution in [1.29, 1.82) is 0 Å². The number of hydrogen-bond donors (Lipinski definition) is 0. The molecule has 0 spiro atoms. The molecule has 0 saturated carbocycles. The summed E-state index contributed by atoms with van der Waals surface area (Å²) in [6, 6.07) is 32.1. The number of para-hydroxylation sites is 2. The Labute approximate surface area is 322 Å². The maximum atomic E-state index is 15.1. The fourth-order valence-electron chi connectivity index (χ4n) is 7.43. The molecule has 9 heteroatoms. The second-order valence-corrected chi connectivity index (χ2v) is 14.4. The summed E-state index contributed by atoms with van der Waals surface area (Å²) in [5, 5.41) is 0. The fourth-order valence-corrected chi connectivity index (χ4v) is 7.43. The minimum atomic E-state index is -0.412. The van der Waals surface area contributed by atoms with Gasteiger partial charge in [-0.2, -0.15) is 0 Å². The van der Waals surface area contributed by atoms with Gasteiger partial charge in [0.05, 0.1) is 13.2 Å². The van der Waals surface area contributed by atoms with E-state index < -0.39 is 12.1 Å². The van der Waals surface area contributed by atoms with Gasteiger partial charge in [0.2, 0.25) is 0 Å². The van der Waals surface area contributed by atoms with Gasteiger partial charge in [0.25, 0.3) is 0 Å². The molecule has 54 heavy (non-hydrogen) atoms. The van der Waals surface area contributed by atoms with Crippen molar-refractivity contribution < 1.29 is 23.7 Å². The summed E-state index contributed by atoms with van der Waals surface area (Å²) in [4.78, 5) is 24.7. The minimum Gasteiger partial charge on any atom is -0.494 e. The smallest absolute Gasteiger partial charge is 0.173 e. The number of piperazine rings is 2. The van der Waals surface area contributed by atoms with Crippen molar-refractivity contribution in [2.75, 3.05) is 78.8 Å². The Bertz CT molecular complexity index is 1610. The normalized spacial score (nSPS) is 17.1. The van der Waals surface area contributed by atoms with Crippen molar-refractivity contribution in [3.05, 3.63) is 119 Å². The van der Waals surface area contributed by atoms with Crippen LogP contribution in [-0.4, -0.2) is 116 Å².